The molecule has 0 aliphatic heterocycles. The normalized spacial score (nSPS) is 13.3. The lowest BCUT2D eigenvalue weighted by atomic mass is 9.99. The molecule has 0 aromatic heterocycles. The van der Waals surface area contributed by atoms with Crippen molar-refractivity contribution < 1.29 is 22.0 Å². The summed E-state index contributed by atoms with van der Waals surface area (Å²) >= 11 is 3.02. The Balaban J connectivity index is 2.54. The predicted molar refractivity (Wildman–Crippen MR) is 68.6 cm³/mol. The van der Waals surface area contributed by atoms with Crippen LogP contribution in [0.2, 0.25) is 0 Å². The summed E-state index contributed by atoms with van der Waals surface area (Å²) < 4.78 is 65.6. The van der Waals surface area contributed by atoms with Gasteiger partial charge in [-0.05, 0) is 29.8 Å². The van der Waals surface area contributed by atoms with Crippen molar-refractivity contribution in [2.45, 2.75) is 11.0 Å². The van der Waals surface area contributed by atoms with E-state index in [0.29, 0.717) is 0 Å². The standard InChI is InChI=1S/C14H8BrF5/c15-13(10-7-8(16)5-6-12(10)17)9-3-1-2-4-11(9)14(18,19)20/h1-7,13H. The van der Waals surface area contributed by atoms with Gasteiger partial charge in [-0.2, -0.15) is 13.2 Å². The van der Waals surface area contributed by atoms with Crippen LogP contribution in [0.25, 0.3) is 0 Å². The van der Waals surface area contributed by atoms with Crippen molar-refractivity contribution in [3.05, 3.63) is 70.8 Å². The molecule has 6 heteroatoms. The summed E-state index contributed by atoms with van der Waals surface area (Å²) in [5.74, 6) is -1.49. The minimum Gasteiger partial charge on any atom is -0.207 e. The first-order valence-electron chi connectivity index (χ1n) is 5.56. The highest BCUT2D eigenvalue weighted by Crippen LogP contribution is 2.40. The van der Waals surface area contributed by atoms with Crippen LogP contribution in [0.4, 0.5) is 22.0 Å². The van der Waals surface area contributed by atoms with Crippen LogP contribution >= 0.6 is 15.9 Å². The van der Waals surface area contributed by atoms with Crippen LogP contribution < -0.4 is 0 Å². The zero-order valence-corrected chi connectivity index (χ0v) is 11.5. The maximum atomic E-state index is 13.7. The molecule has 0 aliphatic carbocycles. The van der Waals surface area contributed by atoms with Crippen molar-refractivity contribution in [1.29, 1.82) is 0 Å². The van der Waals surface area contributed by atoms with Crippen molar-refractivity contribution >= 4 is 15.9 Å². The van der Waals surface area contributed by atoms with Crippen LogP contribution in [0.5, 0.6) is 0 Å². The van der Waals surface area contributed by atoms with E-state index in [1.54, 1.807) is 0 Å². The Morgan fingerprint density at radius 3 is 2.20 bits per heavy atom. The van der Waals surface area contributed by atoms with Gasteiger partial charge < -0.3 is 0 Å². The molecular formula is C14H8BrF5. The van der Waals surface area contributed by atoms with Crippen molar-refractivity contribution in [2.75, 3.05) is 0 Å². The van der Waals surface area contributed by atoms with Gasteiger partial charge in [0.25, 0.3) is 0 Å². The van der Waals surface area contributed by atoms with Gasteiger partial charge >= 0.3 is 6.18 Å². The third-order valence-electron chi connectivity index (χ3n) is 2.77. The second-order valence-corrected chi connectivity index (χ2v) is 5.03. The highest BCUT2D eigenvalue weighted by molar-refractivity contribution is 9.09. The average molecular weight is 351 g/mol. The summed E-state index contributed by atoms with van der Waals surface area (Å²) in [5, 5.41) is 0. The minimum atomic E-state index is -4.56. The molecule has 1 atom stereocenters. The number of halogens is 6. The molecule has 0 radical (unpaired) electrons. The lowest BCUT2D eigenvalue weighted by molar-refractivity contribution is -0.138. The van der Waals surface area contributed by atoms with Gasteiger partial charge in [0.1, 0.15) is 11.6 Å². The third-order valence-corrected chi connectivity index (χ3v) is 3.76. The minimum absolute atomic E-state index is 0.162. The lowest BCUT2D eigenvalue weighted by Crippen LogP contribution is -2.11. The van der Waals surface area contributed by atoms with Crippen LogP contribution in [0.1, 0.15) is 21.5 Å². The number of hydrogen-bond acceptors (Lipinski definition) is 0. The largest absolute Gasteiger partial charge is 0.416 e. The van der Waals surface area contributed by atoms with E-state index in [0.717, 1.165) is 24.3 Å². The molecule has 0 fully saturated rings. The van der Waals surface area contributed by atoms with Gasteiger partial charge in [0.15, 0.2) is 0 Å². The molecule has 106 valence electrons. The van der Waals surface area contributed by atoms with Gasteiger partial charge in [0.2, 0.25) is 0 Å². The van der Waals surface area contributed by atoms with E-state index in [-0.39, 0.29) is 11.1 Å². The van der Waals surface area contributed by atoms with E-state index in [1.165, 1.54) is 18.2 Å². The molecule has 0 N–H and O–H groups in total. The first kappa shape index (κ1) is 15.0. The Kier molecular flexibility index (Phi) is 4.13. The highest BCUT2D eigenvalue weighted by atomic mass is 79.9. The molecule has 0 spiro atoms. The van der Waals surface area contributed by atoms with Crippen LogP contribution in [0.15, 0.2) is 42.5 Å². The summed E-state index contributed by atoms with van der Waals surface area (Å²) in [6.45, 7) is 0. The predicted octanol–water partition coefficient (Wildman–Crippen LogP) is 5.47. The SMILES string of the molecule is Fc1ccc(F)c(C(Br)c2ccccc2C(F)(F)F)c1. The van der Waals surface area contributed by atoms with Crippen LogP contribution in [-0.4, -0.2) is 0 Å². The molecule has 2 aromatic rings. The molecule has 2 rings (SSSR count). The fourth-order valence-corrected chi connectivity index (χ4v) is 2.60. The summed E-state index contributed by atoms with van der Waals surface area (Å²) in [4.78, 5) is -1.09. The van der Waals surface area contributed by atoms with E-state index in [4.69, 9.17) is 0 Å². The quantitative estimate of drug-likeness (QED) is 0.497. The molecule has 0 nitrogen and oxygen atoms in total. The second-order valence-electron chi connectivity index (χ2n) is 4.11. The summed E-state index contributed by atoms with van der Waals surface area (Å²) in [7, 11) is 0. The number of rotatable bonds is 2. The third kappa shape index (κ3) is 3.00. The Morgan fingerprint density at radius 1 is 0.900 bits per heavy atom. The van der Waals surface area contributed by atoms with Gasteiger partial charge in [-0.1, -0.05) is 34.1 Å². The van der Waals surface area contributed by atoms with Crippen molar-refractivity contribution in [2.24, 2.45) is 0 Å². The Labute approximate surface area is 120 Å². The van der Waals surface area contributed by atoms with Crippen LogP contribution in [0, 0.1) is 11.6 Å². The fourth-order valence-electron chi connectivity index (χ4n) is 1.85. The first-order chi connectivity index (χ1) is 9.30. The van der Waals surface area contributed by atoms with Gasteiger partial charge in [0.05, 0.1) is 10.4 Å². The molecular weight excluding hydrogens is 343 g/mol. The van der Waals surface area contributed by atoms with E-state index in [9.17, 15) is 22.0 Å². The molecule has 0 heterocycles. The van der Waals surface area contributed by atoms with E-state index in [1.807, 2.05) is 0 Å². The second kappa shape index (κ2) is 5.52. The van der Waals surface area contributed by atoms with E-state index < -0.39 is 28.2 Å². The zero-order valence-electron chi connectivity index (χ0n) is 9.89. The maximum absolute atomic E-state index is 13.7. The molecule has 0 aliphatic rings. The lowest BCUT2D eigenvalue weighted by Gasteiger charge is -2.18. The highest BCUT2D eigenvalue weighted by Gasteiger charge is 2.35. The number of hydrogen-bond donors (Lipinski definition) is 0. The molecule has 20 heavy (non-hydrogen) atoms. The Bertz CT molecular complexity index is 621. The van der Waals surface area contributed by atoms with Crippen molar-refractivity contribution in [1.82, 2.24) is 0 Å². The van der Waals surface area contributed by atoms with Gasteiger partial charge in [-0.15, -0.1) is 0 Å². The van der Waals surface area contributed by atoms with Crippen LogP contribution in [-0.2, 0) is 6.18 Å². The van der Waals surface area contributed by atoms with Crippen molar-refractivity contribution in [3.8, 4) is 0 Å². The van der Waals surface area contributed by atoms with E-state index in [2.05, 4.69) is 15.9 Å². The molecule has 0 saturated carbocycles. The maximum Gasteiger partial charge on any atom is 0.416 e. The molecule has 0 bridgehead atoms. The summed E-state index contributed by atoms with van der Waals surface area (Å²) in [6, 6.07) is 7.46. The van der Waals surface area contributed by atoms with Gasteiger partial charge in [-0.25, -0.2) is 8.78 Å². The molecule has 2 aromatic carbocycles. The summed E-state index contributed by atoms with van der Waals surface area (Å²) in [6.07, 6.45) is -4.56. The van der Waals surface area contributed by atoms with Crippen molar-refractivity contribution in [3.63, 3.8) is 0 Å². The molecule has 0 amide bonds. The molecule has 1 unspecified atom stereocenters. The zero-order chi connectivity index (χ0) is 14.9. The monoisotopic (exact) mass is 350 g/mol. The fraction of sp³-hybridized carbons (Fsp3) is 0.143. The summed E-state index contributed by atoms with van der Waals surface area (Å²) in [5.41, 5.74) is -1.23. The Hall–Kier alpha value is -1.43. The Morgan fingerprint density at radius 2 is 1.55 bits per heavy atom. The number of alkyl halides is 4. The smallest absolute Gasteiger partial charge is 0.207 e. The van der Waals surface area contributed by atoms with Gasteiger partial charge in [0, 0.05) is 5.56 Å². The first-order valence-corrected chi connectivity index (χ1v) is 6.47. The average Bonchev–Trinajstić information content (AvgIpc) is 2.40. The topological polar surface area (TPSA) is 0 Å². The molecule has 0 saturated heterocycles. The number of benzene rings is 2. The van der Waals surface area contributed by atoms with Crippen LogP contribution in [0.3, 0.4) is 0 Å². The van der Waals surface area contributed by atoms with Gasteiger partial charge in [-0.3, -0.25) is 0 Å². The van der Waals surface area contributed by atoms with E-state index >= 15 is 0 Å².